The smallest absolute Gasteiger partial charge is 0.134 e. The van der Waals surface area contributed by atoms with Crippen LogP contribution in [0, 0.1) is 17.1 Å². The van der Waals surface area contributed by atoms with Gasteiger partial charge in [-0.1, -0.05) is 23.7 Å². The molecule has 3 aromatic rings. The van der Waals surface area contributed by atoms with Crippen molar-refractivity contribution < 1.29 is 4.39 Å². The first-order valence-corrected chi connectivity index (χ1v) is 8.00. The Morgan fingerprint density at radius 3 is 2.48 bits per heavy atom. The van der Waals surface area contributed by atoms with Crippen LogP contribution in [0.2, 0.25) is 5.02 Å². The lowest BCUT2D eigenvalue weighted by molar-refractivity contribution is 0.628. The number of hydrogen-bond acceptors (Lipinski definition) is 3. The van der Waals surface area contributed by atoms with E-state index in [4.69, 9.17) is 11.6 Å². The quantitative estimate of drug-likeness (QED) is 0.576. The highest BCUT2D eigenvalue weighted by Gasteiger charge is 2.09. The zero-order valence-corrected chi connectivity index (χ0v) is 13.4. The third kappa shape index (κ3) is 3.65. The van der Waals surface area contributed by atoms with Crippen molar-refractivity contribution in [1.82, 2.24) is 4.98 Å². The molecule has 23 heavy (non-hydrogen) atoms. The molecule has 2 nitrogen and oxygen atoms in total. The van der Waals surface area contributed by atoms with Gasteiger partial charge < -0.3 is 0 Å². The minimum absolute atomic E-state index is 0.287. The average Bonchev–Trinajstić information content (AvgIpc) is 3.05. The van der Waals surface area contributed by atoms with Gasteiger partial charge >= 0.3 is 0 Å². The lowest BCUT2D eigenvalue weighted by Gasteiger charge is -1.97. The van der Waals surface area contributed by atoms with Crippen molar-refractivity contribution in [3.63, 3.8) is 0 Å². The van der Waals surface area contributed by atoms with E-state index in [2.05, 4.69) is 11.1 Å². The van der Waals surface area contributed by atoms with E-state index in [9.17, 15) is 9.65 Å². The Morgan fingerprint density at radius 1 is 1.13 bits per heavy atom. The first-order chi connectivity index (χ1) is 11.2. The van der Waals surface area contributed by atoms with Gasteiger partial charge in [-0.15, -0.1) is 11.3 Å². The van der Waals surface area contributed by atoms with Gasteiger partial charge in [-0.05, 0) is 48.0 Å². The molecule has 0 aliphatic carbocycles. The molecule has 0 saturated carbocycles. The molecule has 3 rings (SSSR count). The second-order valence-electron chi connectivity index (χ2n) is 4.77. The molecule has 0 saturated heterocycles. The molecule has 0 unspecified atom stereocenters. The molecular formula is C18H10ClFN2S. The van der Waals surface area contributed by atoms with E-state index >= 15 is 0 Å². The van der Waals surface area contributed by atoms with Crippen LogP contribution in [0.1, 0.15) is 10.6 Å². The fourth-order valence-electron chi connectivity index (χ4n) is 2.02. The Morgan fingerprint density at radius 2 is 1.83 bits per heavy atom. The summed E-state index contributed by atoms with van der Waals surface area (Å²) in [6, 6.07) is 15.5. The number of allylic oxidation sites excluding steroid dienone is 1. The van der Waals surface area contributed by atoms with Crippen LogP contribution in [0.5, 0.6) is 0 Å². The Kier molecular flexibility index (Phi) is 4.52. The molecule has 0 fully saturated rings. The fraction of sp³-hybridized carbons (Fsp3) is 0. The maximum absolute atomic E-state index is 13.0. The van der Waals surface area contributed by atoms with Crippen molar-refractivity contribution in [3.05, 3.63) is 75.3 Å². The number of benzene rings is 2. The zero-order chi connectivity index (χ0) is 16.2. The van der Waals surface area contributed by atoms with Crippen LogP contribution in [0.3, 0.4) is 0 Å². The minimum atomic E-state index is -0.287. The van der Waals surface area contributed by atoms with Crippen LogP contribution < -0.4 is 0 Å². The molecule has 112 valence electrons. The van der Waals surface area contributed by atoms with Crippen LogP contribution in [0.25, 0.3) is 22.9 Å². The first-order valence-electron chi connectivity index (χ1n) is 6.75. The second kappa shape index (κ2) is 6.74. The van der Waals surface area contributed by atoms with Gasteiger partial charge in [0.15, 0.2) is 0 Å². The number of nitrogens with zero attached hydrogens (tertiary/aromatic N) is 2. The first kappa shape index (κ1) is 15.4. The van der Waals surface area contributed by atoms with Gasteiger partial charge in [0.05, 0.1) is 11.3 Å². The summed E-state index contributed by atoms with van der Waals surface area (Å²) in [6.45, 7) is 0. The van der Waals surface area contributed by atoms with E-state index < -0.39 is 0 Å². The van der Waals surface area contributed by atoms with Crippen LogP contribution in [-0.2, 0) is 0 Å². The fourth-order valence-corrected chi connectivity index (χ4v) is 2.94. The molecule has 0 spiro atoms. The van der Waals surface area contributed by atoms with Crippen LogP contribution >= 0.6 is 22.9 Å². The van der Waals surface area contributed by atoms with Crippen LogP contribution in [0.4, 0.5) is 4.39 Å². The molecule has 0 atom stereocenters. The van der Waals surface area contributed by atoms with Crippen molar-refractivity contribution >= 4 is 34.6 Å². The molecule has 1 heterocycles. The van der Waals surface area contributed by atoms with Gasteiger partial charge in [0.25, 0.3) is 0 Å². The summed E-state index contributed by atoms with van der Waals surface area (Å²) in [6.07, 6.45) is 1.77. The van der Waals surface area contributed by atoms with Crippen LogP contribution in [-0.4, -0.2) is 4.98 Å². The monoisotopic (exact) mass is 340 g/mol. The Bertz CT molecular complexity index is 890. The SMILES string of the molecule is N#CC(=Cc1ccc(Cl)cc1)c1nc(-c2ccc(F)cc2)cs1. The van der Waals surface area contributed by atoms with Crippen molar-refractivity contribution in [3.8, 4) is 17.3 Å². The summed E-state index contributed by atoms with van der Waals surface area (Å²) < 4.78 is 13.0. The van der Waals surface area contributed by atoms with Gasteiger partial charge in [-0.25, -0.2) is 9.37 Å². The van der Waals surface area contributed by atoms with Gasteiger partial charge in [0, 0.05) is 16.0 Å². The van der Waals surface area contributed by atoms with E-state index in [0.717, 1.165) is 16.8 Å². The predicted octanol–water partition coefficient (Wildman–Crippen LogP) is 5.67. The standard InChI is InChI=1S/C18H10ClFN2S/c19-15-5-1-12(2-6-15)9-14(10-21)18-22-17(11-23-18)13-3-7-16(20)8-4-13/h1-9,11H. The summed E-state index contributed by atoms with van der Waals surface area (Å²) in [5, 5.41) is 12.5. The van der Waals surface area contributed by atoms with E-state index in [1.807, 2.05) is 17.5 Å². The molecule has 0 bridgehead atoms. The summed E-state index contributed by atoms with van der Waals surface area (Å²) in [5.74, 6) is -0.287. The molecule has 2 aromatic carbocycles. The van der Waals surface area contributed by atoms with Crippen molar-refractivity contribution in [2.75, 3.05) is 0 Å². The third-order valence-corrected chi connectivity index (χ3v) is 4.30. The lowest BCUT2D eigenvalue weighted by Crippen LogP contribution is -1.83. The normalized spacial score (nSPS) is 11.3. The molecule has 0 radical (unpaired) electrons. The highest BCUT2D eigenvalue weighted by atomic mass is 35.5. The Balaban J connectivity index is 1.92. The largest absolute Gasteiger partial charge is 0.235 e. The maximum Gasteiger partial charge on any atom is 0.134 e. The zero-order valence-electron chi connectivity index (χ0n) is 11.8. The molecule has 1 aromatic heterocycles. The summed E-state index contributed by atoms with van der Waals surface area (Å²) in [5.41, 5.74) is 2.90. The van der Waals surface area contributed by atoms with Gasteiger partial charge in [0.2, 0.25) is 0 Å². The number of thiazole rings is 1. The summed E-state index contributed by atoms with van der Waals surface area (Å²) in [4.78, 5) is 4.47. The Labute approximate surface area is 142 Å². The molecular weight excluding hydrogens is 331 g/mol. The number of halogens is 2. The van der Waals surface area contributed by atoms with Crippen LogP contribution in [0.15, 0.2) is 53.9 Å². The number of aromatic nitrogens is 1. The molecule has 0 amide bonds. The second-order valence-corrected chi connectivity index (χ2v) is 6.06. The predicted molar refractivity (Wildman–Crippen MR) is 92.4 cm³/mol. The molecule has 0 aliphatic rings. The third-order valence-electron chi connectivity index (χ3n) is 3.18. The highest BCUT2D eigenvalue weighted by Crippen LogP contribution is 2.27. The van der Waals surface area contributed by atoms with Crippen molar-refractivity contribution in [1.29, 1.82) is 5.26 Å². The number of hydrogen-bond donors (Lipinski definition) is 0. The minimum Gasteiger partial charge on any atom is -0.235 e. The van der Waals surface area contributed by atoms with E-state index in [-0.39, 0.29) is 5.82 Å². The summed E-state index contributed by atoms with van der Waals surface area (Å²) in [7, 11) is 0. The summed E-state index contributed by atoms with van der Waals surface area (Å²) >= 11 is 7.24. The number of rotatable bonds is 3. The molecule has 0 N–H and O–H groups in total. The Hall–Kier alpha value is -2.48. The van der Waals surface area contributed by atoms with E-state index in [1.54, 1.807) is 30.3 Å². The topological polar surface area (TPSA) is 36.7 Å². The average molecular weight is 341 g/mol. The van der Waals surface area contributed by atoms with Gasteiger partial charge in [-0.3, -0.25) is 0 Å². The highest BCUT2D eigenvalue weighted by molar-refractivity contribution is 7.11. The van der Waals surface area contributed by atoms with E-state index in [0.29, 0.717) is 15.6 Å². The van der Waals surface area contributed by atoms with Crippen molar-refractivity contribution in [2.45, 2.75) is 0 Å². The van der Waals surface area contributed by atoms with Gasteiger partial charge in [-0.2, -0.15) is 5.26 Å². The number of nitriles is 1. The lowest BCUT2D eigenvalue weighted by atomic mass is 10.1. The maximum atomic E-state index is 13.0. The molecule has 5 heteroatoms. The molecule has 0 aliphatic heterocycles. The van der Waals surface area contributed by atoms with E-state index in [1.165, 1.54) is 23.5 Å². The van der Waals surface area contributed by atoms with Gasteiger partial charge in [0.1, 0.15) is 16.9 Å². The van der Waals surface area contributed by atoms with Crippen molar-refractivity contribution in [2.24, 2.45) is 0 Å².